The van der Waals surface area contributed by atoms with Gasteiger partial charge in [0.1, 0.15) is 12.4 Å². The number of carboxylic acid groups (broad SMARTS) is 1. The smallest absolute Gasteiger partial charge is 0.490 e. The van der Waals surface area contributed by atoms with Crippen molar-refractivity contribution in [3.8, 4) is 5.75 Å². The first kappa shape index (κ1) is 29.5. The third kappa shape index (κ3) is 7.28. The van der Waals surface area contributed by atoms with Crippen molar-refractivity contribution < 1.29 is 27.8 Å². The van der Waals surface area contributed by atoms with Gasteiger partial charge in [-0.2, -0.15) is 18.2 Å². The van der Waals surface area contributed by atoms with E-state index in [0.717, 1.165) is 37.7 Å². The summed E-state index contributed by atoms with van der Waals surface area (Å²) >= 11 is 0. The fourth-order valence-corrected chi connectivity index (χ4v) is 3.88. The van der Waals surface area contributed by atoms with Crippen LogP contribution in [0.4, 0.5) is 19.1 Å². The fraction of sp³-hybridized carbons (Fsp3) is 0.440. The summed E-state index contributed by atoms with van der Waals surface area (Å²) in [6.45, 7) is 8.25. The number of alkyl halides is 3. The van der Waals surface area contributed by atoms with Gasteiger partial charge in [-0.25, -0.2) is 9.59 Å². The number of hydrogen-bond acceptors (Lipinski definition) is 7. The van der Waals surface area contributed by atoms with E-state index >= 15 is 0 Å². The number of anilines is 1. The quantitative estimate of drug-likeness (QED) is 0.427. The number of fused-ring (bicyclic) bond motifs is 1. The van der Waals surface area contributed by atoms with E-state index in [0.29, 0.717) is 23.5 Å². The van der Waals surface area contributed by atoms with Crippen molar-refractivity contribution >= 4 is 23.1 Å². The third-order valence-electron chi connectivity index (χ3n) is 5.86. The Hall–Kier alpha value is -4.07. The van der Waals surface area contributed by atoms with Gasteiger partial charge in [0.15, 0.2) is 11.2 Å². The van der Waals surface area contributed by atoms with E-state index in [1.165, 1.54) is 9.13 Å². The molecule has 2 N–H and O–H groups in total. The number of carboxylic acids is 1. The number of aryl methyl sites for hydroxylation is 1. The van der Waals surface area contributed by atoms with Crippen molar-refractivity contribution in [3.63, 3.8) is 0 Å². The maximum Gasteiger partial charge on any atom is 0.490 e. The second-order valence-corrected chi connectivity index (χ2v) is 8.98. The lowest BCUT2D eigenvalue weighted by Gasteiger charge is -2.28. The van der Waals surface area contributed by atoms with Crippen molar-refractivity contribution in [2.45, 2.75) is 33.1 Å². The van der Waals surface area contributed by atoms with Crippen LogP contribution < -0.4 is 26.2 Å². The summed E-state index contributed by atoms with van der Waals surface area (Å²) in [5.41, 5.74) is 1.28. The van der Waals surface area contributed by atoms with Gasteiger partial charge in [-0.1, -0.05) is 29.8 Å². The number of nitrogens with zero attached hydrogens (tertiary/aromatic N) is 5. The van der Waals surface area contributed by atoms with Crippen molar-refractivity contribution in [2.75, 3.05) is 37.7 Å². The number of halogens is 3. The normalized spacial score (nSPS) is 13.5. The molecule has 3 heterocycles. The molecule has 1 saturated heterocycles. The Morgan fingerprint density at radius 2 is 1.74 bits per heavy atom. The number of allylic oxidation sites excluding steroid dienone is 2. The predicted octanol–water partition coefficient (Wildman–Crippen LogP) is 1.98. The van der Waals surface area contributed by atoms with E-state index < -0.39 is 17.8 Å². The highest BCUT2D eigenvalue weighted by molar-refractivity contribution is 5.75. The number of para-hydroxylation sites is 1. The summed E-state index contributed by atoms with van der Waals surface area (Å²) in [7, 11) is 1.67. The fourth-order valence-electron chi connectivity index (χ4n) is 3.88. The number of benzene rings is 1. The molecule has 0 amide bonds. The molecule has 0 unspecified atom stereocenters. The average Bonchev–Trinajstić information content (AvgIpc) is 3.29. The molecule has 3 aromatic rings. The number of imidazole rings is 1. The average molecular weight is 553 g/mol. The first-order valence-electron chi connectivity index (χ1n) is 12.2. The molecule has 0 spiro atoms. The second kappa shape index (κ2) is 12.7. The van der Waals surface area contributed by atoms with E-state index in [4.69, 9.17) is 19.6 Å². The van der Waals surface area contributed by atoms with Crippen LogP contribution in [0.15, 0.2) is 51.6 Å². The molecule has 14 heteroatoms. The molecule has 1 aliphatic heterocycles. The number of nitrogens with one attached hydrogen (secondary N) is 1. The highest BCUT2D eigenvalue weighted by atomic mass is 19.4. The summed E-state index contributed by atoms with van der Waals surface area (Å²) in [5.74, 6) is -1.33. The molecule has 11 nitrogen and oxygen atoms in total. The van der Waals surface area contributed by atoms with Gasteiger partial charge in [-0.15, -0.1) is 0 Å². The topological polar surface area (TPSA) is 124 Å². The van der Waals surface area contributed by atoms with Crippen LogP contribution >= 0.6 is 0 Å². The number of piperazine rings is 1. The molecule has 0 saturated carbocycles. The molecule has 0 atom stereocenters. The summed E-state index contributed by atoms with van der Waals surface area (Å²) in [6.07, 6.45) is -3.01. The van der Waals surface area contributed by atoms with E-state index in [9.17, 15) is 22.8 Å². The van der Waals surface area contributed by atoms with Gasteiger partial charge >= 0.3 is 17.8 Å². The Morgan fingerprint density at radius 3 is 2.31 bits per heavy atom. The van der Waals surface area contributed by atoms with Gasteiger partial charge in [0.05, 0.1) is 6.54 Å². The standard InChI is InChI=1S/C23H30N6O3.C2HF3O2/c1-17(2)9-12-28-19-20(25-22(28)27-13-10-24-11-14-27)26(3)23(31)29(21(19)30)15-16-32-18-7-5-4-6-8-18;3-2(4,5)1(6)7/h4-9,24H,10-16H2,1-3H3;(H,6,7). The third-order valence-corrected chi connectivity index (χ3v) is 5.86. The van der Waals surface area contributed by atoms with Crippen molar-refractivity contribution in [2.24, 2.45) is 7.05 Å². The van der Waals surface area contributed by atoms with Crippen LogP contribution in [0.5, 0.6) is 5.75 Å². The molecule has 0 radical (unpaired) electrons. The molecule has 1 aliphatic rings. The molecule has 39 heavy (non-hydrogen) atoms. The first-order valence-corrected chi connectivity index (χ1v) is 12.2. The van der Waals surface area contributed by atoms with Crippen LogP contribution in [0.25, 0.3) is 11.2 Å². The molecule has 0 aliphatic carbocycles. The summed E-state index contributed by atoms with van der Waals surface area (Å²) < 4.78 is 42.1. The first-order chi connectivity index (χ1) is 18.4. The lowest BCUT2D eigenvalue weighted by atomic mass is 10.3. The Bertz CT molecular complexity index is 1430. The highest BCUT2D eigenvalue weighted by Crippen LogP contribution is 2.20. The zero-order chi connectivity index (χ0) is 28.7. The van der Waals surface area contributed by atoms with Crippen LogP contribution in [0.3, 0.4) is 0 Å². The molecule has 2 aromatic heterocycles. The number of hydrogen-bond donors (Lipinski definition) is 2. The maximum atomic E-state index is 13.5. The minimum absolute atomic E-state index is 0.160. The molecule has 1 aromatic carbocycles. The zero-order valence-electron chi connectivity index (χ0n) is 21.9. The van der Waals surface area contributed by atoms with Crippen LogP contribution in [-0.2, 0) is 24.9 Å². The number of rotatable bonds is 7. The van der Waals surface area contributed by atoms with E-state index in [1.807, 2.05) is 48.7 Å². The van der Waals surface area contributed by atoms with Gasteiger partial charge in [-0.05, 0) is 26.0 Å². The van der Waals surface area contributed by atoms with E-state index in [-0.39, 0.29) is 18.7 Å². The van der Waals surface area contributed by atoms with Gasteiger partial charge in [0, 0.05) is 39.8 Å². The number of carbonyl (C=O) groups is 1. The Kier molecular flexibility index (Phi) is 9.56. The molecular weight excluding hydrogens is 521 g/mol. The van der Waals surface area contributed by atoms with Gasteiger partial charge in [-0.3, -0.25) is 13.9 Å². The lowest BCUT2D eigenvalue weighted by Crippen LogP contribution is -2.44. The molecule has 1 fully saturated rings. The van der Waals surface area contributed by atoms with Crippen LogP contribution in [0.2, 0.25) is 0 Å². The minimum atomic E-state index is -5.08. The van der Waals surface area contributed by atoms with Crippen molar-refractivity contribution in [1.29, 1.82) is 0 Å². The van der Waals surface area contributed by atoms with Crippen LogP contribution in [0.1, 0.15) is 13.8 Å². The predicted molar refractivity (Wildman–Crippen MR) is 139 cm³/mol. The summed E-state index contributed by atoms with van der Waals surface area (Å²) in [4.78, 5) is 42.3. The Labute approximate surface area is 221 Å². The largest absolute Gasteiger partial charge is 0.492 e. The summed E-state index contributed by atoms with van der Waals surface area (Å²) in [5, 5.41) is 10.5. The molecular formula is C25H31F3N6O5. The van der Waals surface area contributed by atoms with Crippen LogP contribution in [-0.4, -0.2) is 68.7 Å². The van der Waals surface area contributed by atoms with Gasteiger partial charge in [0.25, 0.3) is 5.56 Å². The van der Waals surface area contributed by atoms with E-state index in [1.54, 1.807) is 7.05 Å². The SMILES string of the molecule is CC(C)=CCn1c(N2CCNCC2)nc2c1c(=O)n(CCOc1ccccc1)c(=O)n2C.O=C(O)C(F)(F)F. The maximum absolute atomic E-state index is 13.5. The van der Waals surface area contributed by atoms with Crippen molar-refractivity contribution in [3.05, 3.63) is 62.8 Å². The number of aromatic nitrogens is 4. The molecule has 0 bridgehead atoms. The Morgan fingerprint density at radius 1 is 1.13 bits per heavy atom. The number of ether oxygens (including phenoxy) is 1. The minimum Gasteiger partial charge on any atom is -0.492 e. The van der Waals surface area contributed by atoms with E-state index in [2.05, 4.69) is 16.3 Å². The molecule has 4 rings (SSSR count). The highest BCUT2D eigenvalue weighted by Gasteiger charge is 2.38. The molecule has 212 valence electrons. The lowest BCUT2D eigenvalue weighted by molar-refractivity contribution is -0.192. The van der Waals surface area contributed by atoms with Gasteiger partial charge in [0.2, 0.25) is 5.95 Å². The van der Waals surface area contributed by atoms with Gasteiger partial charge < -0.3 is 24.6 Å². The van der Waals surface area contributed by atoms with Crippen LogP contribution in [0, 0.1) is 0 Å². The second-order valence-electron chi connectivity index (χ2n) is 8.98. The number of aliphatic carboxylic acids is 1. The zero-order valence-corrected chi connectivity index (χ0v) is 21.9. The summed E-state index contributed by atoms with van der Waals surface area (Å²) in [6, 6.07) is 9.36. The van der Waals surface area contributed by atoms with Crippen molar-refractivity contribution in [1.82, 2.24) is 24.0 Å². The monoisotopic (exact) mass is 552 g/mol. The Balaban J connectivity index is 0.000000532.